The van der Waals surface area contributed by atoms with Gasteiger partial charge in [-0.1, -0.05) is 30.3 Å². The summed E-state index contributed by atoms with van der Waals surface area (Å²) in [5.74, 6) is -1.28. The lowest BCUT2D eigenvalue weighted by Crippen LogP contribution is -2.54. The van der Waals surface area contributed by atoms with E-state index in [0.717, 1.165) is 22.0 Å². The lowest BCUT2D eigenvalue weighted by atomic mass is 10.0. The molecule has 2 amide bonds. The van der Waals surface area contributed by atoms with E-state index in [1.807, 2.05) is 30.3 Å². The van der Waals surface area contributed by atoms with Gasteiger partial charge in [-0.2, -0.15) is 5.06 Å². The second-order valence-electron chi connectivity index (χ2n) is 8.88. The number of carbonyl (C=O) groups is 3. The van der Waals surface area contributed by atoms with Crippen LogP contribution in [0.1, 0.15) is 45.7 Å². The van der Waals surface area contributed by atoms with Gasteiger partial charge in [-0.05, 0) is 109 Å². The van der Waals surface area contributed by atoms with E-state index >= 15 is 0 Å². The van der Waals surface area contributed by atoms with E-state index in [0.29, 0.717) is 21.4 Å². The van der Waals surface area contributed by atoms with Crippen LogP contribution in [-0.2, 0) is 11.3 Å². The van der Waals surface area contributed by atoms with E-state index in [-0.39, 0.29) is 17.8 Å². The van der Waals surface area contributed by atoms with Crippen molar-refractivity contribution in [1.29, 1.82) is 0 Å². The van der Waals surface area contributed by atoms with Crippen LogP contribution in [-0.4, -0.2) is 51.2 Å². The Kier molecular flexibility index (Phi) is 10.4. The largest absolute Gasteiger partial charge is 0.465 e. The highest BCUT2D eigenvalue weighted by Crippen LogP contribution is 2.35. The second-order valence-corrected chi connectivity index (χ2v) is 15.3. The summed E-state index contributed by atoms with van der Waals surface area (Å²) in [5.41, 5.74) is 0.0913. The van der Waals surface area contributed by atoms with Crippen LogP contribution >= 0.6 is 86.4 Å². The number of benzene rings is 1. The minimum Gasteiger partial charge on any atom is -0.465 e. The predicted octanol–water partition coefficient (Wildman–Crippen LogP) is 8.46. The highest BCUT2D eigenvalue weighted by Gasteiger charge is 2.37. The van der Waals surface area contributed by atoms with Crippen molar-refractivity contribution >= 4 is 104 Å². The summed E-state index contributed by atoms with van der Waals surface area (Å²) < 4.78 is 2.77. The monoisotopic (exact) mass is 798 g/mol. The van der Waals surface area contributed by atoms with Crippen molar-refractivity contribution in [2.45, 2.75) is 38.8 Å². The molecule has 0 aliphatic heterocycles. The minimum absolute atomic E-state index is 0.0850. The van der Waals surface area contributed by atoms with Crippen molar-refractivity contribution in [3.8, 4) is 0 Å². The molecule has 0 bridgehead atoms. The Morgan fingerprint density at radius 2 is 1.49 bits per heavy atom. The summed E-state index contributed by atoms with van der Waals surface area (Å²) in [6.07, 6.45) is -0.886. The van der Waals surface area contributed by atoms with Gasteiger partial charge in [0, 0.05) is 21.0 Å². The Hall–Kier alpha value is -1.25. The molecule has 0 saturated heterocycles. The molecule has 1 aromatic carbocycles. The van der Waals surface area contributed by atoms with Crippen molar-refractivity contribution in [3.05, 3.63) is 74.3 Å². The first-order valence-electron chi connectivity index (χ1n) is 10.8. The maximum atomic E-state index is 13.8. The Morgan fingerprint density at radius 3 is 1.95 bits per heavy atom. The van der Waals surface area contributed by atoms with Crippen molar-refractivity contribution < 1.29 is 24.3 Å². The van der Waals surface area contributed by atoms with Crippen LogP contribution < -0.4 is 0 Å². The molecule has 2 aromatic heterocycles. The molecular weight excluding hydrogens is 780 g/mol. The average molecular weight is 802 g/mol. The molecule has 1 unspecified atom stereocenters. The molecule has 0 saturated carbocycles. The number of hydroxylamine groups is 2. The Balaban J connectivity index is 2.08. The number of carboxylic acid groups (broad SMARTS) is 1. The molecule has 13 heteroatoms. The molecule has 37 heavy (non-hydrogen) atoms. The van der Waals surface area contributed by atoms with Gasteiger partial charge >= 0.3 is 12.1 Å². The van der Waals surface area contributed by atoms with Gasteiger partial charge in [0.25, 0.3) is 5.91 Å². The fraction of sp³-hybridized carbons (Fsp3) is 0.292. The van der Waals surface area contributed by atoms with Crippen molar-refractivity contribution in [3.63, 3.8) is 0 Å². The van der Waals surface area contributed by atoms with Crippen LogP contribution in [0.25, 0.3) is 0 Å². The maximum absolute atomic E-state index is 13.8. The van der Waals surface area contributed by atoms with Crippen LogP contribution in [0.3, 0.4) is 0 Å². The molecular formula is C24H22Br4N2O5S2. The normalized spacial score (nSPS) is 12.2. The number of rotatable bonds is 7. The van der Waals surface area contributed by atoms with Crippen LogP contribution in [0, 0.1) is 0 Å². The van der Waals surface area contributed by atoms with E-state index in [1.54, 1.807) is 32.9 Å². The van der Waals surface area contributed by atoms with E-state index in [9.17, 15) is 19.5 Å². The smallest absolute Gasteiger partial charge is 0.407 e. The fourth-order valence-electron chi connectivity index (χ4n) is 3.38. The number of thiophene rings is 2. The third-order valence-corrected chi connectivity index (χ3v) is 11.6. The van der Waals surface area contributed by atoms with Gasteiger partial charge in [-0.3, -0.25) is 4.79 Å². The molecule has 7 nitrogen and oxygen atoms in total. The van der Waals surface area contributed by atoms with E-state index in [1.165, 1.54) is 16.2 Å². The maximum Gasteiger partial charge on any atom is 0.407 e. The van der Waals surface area contributed by atoms with E-state index in [4.69, 9.17) is 4.84 Å². The summed E-state index contributed by atoms with van der Waals surface area (Å²) in [4.78, 5) is 46.9. The fourth-order valence-corrected chi connectivity index (χ4v) is 7.25. The Labute approximate surface area is 256 Å². The first-order valence-corrected chi connectivity index (χ1v) is 15.6. The third kappa shape index (κ3) is 7.89. The standard InChI is InChI=1S/C24H22Br4N2O5S2/c1-24(2,3)29(23(33)34)12-14(9-13-7-5-4-6-8-13)30(21(31)17-10-15(25)19(27)36-17)35-22(32)18-11-16(26)20(28)37-18/h4-8,10-11,14H,9,12H2,1-3H3,(H,33,34). The molecule has 1 N–H and O–H groups in total. The van der Waals surface area contributed by atoms with Gasteiger partial charge in [0.05, 0.1) is 18.5 Å². The molecule has 0 radical (unpaired) electrons. The van der Waals surface area contributed by atoms with Crippen LogP contribution in [0.2, 0.25) is 0 Å². The zero-order valence-electron chi connectivity index (χ0n) is 19.8. The van der Waals surface area contributed by atoms with Crippen LogP contribution in [0.5, 0.6) is 0 Å². The lowest BCUT2D eigenvalue weighted by molar-refractivity contribution is -0.111. The third-order valence-electron chi connectivity index (χ3n) is 5.16. The second kappa shape index (κ2) is 12.7. The van der Waals surface area contributed by atoms with Crippen LogP contribution in [0.4, 0.5) is 4.79 Å². The number of hydrogen-bond donors (Lipinski definition) is 1. The van der Waals surface area contributed by atoms with Gasteiger partial charge in [-0.25, -0.2) is 9.59 Å². The molecule has 3 rings (SSSR count). The highest BCUT2D eigenvalue weighted by atomic mass is 79.9. The average Bonchev–Trinajstić information content (AvgIpc) is 3.34. The lowest BCUT2D eigenvalue weighted by Gasteiger charge is -2.38. The summed E-state index contributed by atoms with van der Waals surface area (Å²) in [6, 6.07) is 11.8. The van der Waals surface area contributed by atoms with Gasteiger partial charge in [0.2, 0.25) is 0 Å². The number of hydrogen-bond acceptors (Lipinski definition) is 6. The van der Waals surface area contributed by atoms with Crippen LogP contribution in [0.15, 0.2) is 59.0 Å². The molecule has 2 heterocycles. The Morgan fingerprint density at radius 1 is 0.946 bits per heavy atom. The molecule has 0 spiro atoms. The molecule has 198 valence electrons. The summed E-state index contributed by atoms with van der Waals surface area (Å²) in [7, 11) is 0. The molecule has 3 aromatic rings. The quantitative estimate of drug-likeness (QED) is 0.243. The van der Waals surface area contributed by atoms with Gasteiger partial charge in [0.15, 0.2) is 0 Å². The SMILES string of the molecule is CC(C)(C)N(CC(Cc1ccccc1)N(OC(=O)c1cc(Br)c(Br)s1)C(=O)c1cc(Br)c(Br)s1)C(=O)O. The minimum atomic E-state index is -1.14. The van der Waals surface area contributed by atoms with Gasteiger partial charge in [0.1, 0.15) is 4.88 Å². The molecule has 1 atom stereocenters. The summed E-state index contributed by atoms with van der Waals surface area (Å²) in [6.45, 7) is 5.23. The topological polar surface area (TPSA) is 87.2 Å². The highest BCUT2D eigenvalue weighted by molar-refractivity contribution is 9.13. The van der Waals surface area contributed by atoms with Crippen molar-refractivity contribution in [1.82, 2.24) is 9.96 Å². The van der Waals surface area contributed by atoms with Crippen molar-refractivity contribution in [2.24, 2.45) is 0 Å². The molecule has 0 aliphatic carbocycles. The number of halogens is 4. The first kappa shape index (κ1) is 30.3. The number of carbonyl (C=O) groups excluding carboxylic acids is 2. The van der Waals surface area contributed by atoms with E-state index in [2.05, 4.69) is 63.7 Å². The van der Waals surface area contributed by atoms with Gasteiger partial charge in [-0.15, -0.1) is 22.7 Å². The summed E-state index contributed by atoms with van der Waals surface area (Å²) >= 11 is 15.9. The zero-order chi connectivity index (χ0) is 27.5. The number of amides is 2. The summed E-state index contributed by atoms with van der Waals surface area (Å²) in [5, 5.41) is 11.0. The number of nitrogens with zero attached hydrogens (tertiary/aromatic N) is 2. The predicted molar refractivity (Wildman–Crippen MR) is 159 cm³/mol. The van der Waals surface area contributed by atoms with Gasteiger partial charge < -0.3 is 14.8 Å². The zero-order valence-corrected chi connectivity index (χ0v) is 27.8. The van der Waals surface area contributed by atoms with Crippen molar-refractivity contribution in [2.75, 3.05) is 6.54 Å². The molecule has 0 aliphatic rings. The Bertz CT molecular complexity index is 1250. The van der Waals surface area contributed by atoms with E-state index < -0.39 is 29.6 Å². The molecule has 0 fully saturated rings. The first-order chi connectivity index (χ1) is 17.3.